The van der Waals surface area contributed by atoms with Crippen LogP contribution >= 0.6 is 0 Å². The number of nitrogens with one attached hydrogen (secondary N) is 1. The highest BCUT2D eigenvalue weighted by atomic mass is 32.2. The van der Waals surface area contributed by atoms with Crippen molar-refractivity contribution in [3.63, 3.8) is 0 Å². The molecular weight excluding hydrogens is 300 g/mol. The van der Waals surface area contributed by atoms with E-state index in [9.17, 15) is 13.2 Å². The first-order chi connectivity index (χ1) is 10.4. The van der Waals surface area contributed by atoms with E-state index in [4.69, 9.17) is 0 Å². The van der Waals surface area contributed by atoms with E-state index < -0.39 is 9.84 Å². The third-order valence-electron chi connectivity index (χ3n) is 4.77. The van der Waals surface area contributed by atoms with Gasteiger partial charge in [0.25, 0.3) is 0 Å². The van der Waals surface area contributed by atoms with Gasteiger partial charge in [0.2, 0.25) is 5.91 Å². The van der Waals surface area contributed by atoms with Crippen LogP contribution in [0.25, 0.3) is 0 Å². The lowest BCUT2D eigenvalue weighted by Gasteiger charge is -2.26. The van der Waals surface area contributed by atoms with Crippen LogP contribution in [0, 0.1) is 5.92 Å². The summed E-state index contributed by atoms with van der Waals surface area (Å²) in [6.07, 6.45) is 3.80. The molecule has 1 aliphatic heterocycles. The molecule has 1 aliphatic carbocycles. The van der Waals surface area contributed by atoms with Crippen LogP contribution in [0.3, 0.4) is 0 Å². The van der Waals surface area contributed by atoms with Crippen molar-refractivity contribution < 1.29 is 13.2 Å². The van der Waals surface area contributed by atoms with E-state index in [0.29, 0.717) is 6.42 Å². The Morgan fingerprint density at radius 3 is 2.36 bits per heavy atom. The van der Waals surface area contributed by atoms with Crippen LogP contribution in [-0.4, -0.2) is 38.9 Å². The quantitative estimate of drug-likeness (QED) is 0.921. The van der Waals surface area contributed by atoms with E-state index >= 15 is 0 Å². The summed E-state index contributed by atoms with van der Waals surface area (Å²) in [4.78, 5) is 13.9. The van der Waals surface area contributed by atoms with E-state index in [1.54, 1.807) is 0 Å². The number of sulfone groups is 1. The lowest BCUT2D eigenvalue weighted by Crippen LogP contribution is -2.32. The second-order valence-corrected chi connectivity index (χ2v) is 8.56. The molecule has 5 nitrogen and oxygen atoms in total. The fraction of sp³-hybridized carbons (Fsp3) is 0.562. The molecule has 0 bridgehead atoms. The molecule has 3 rings (SSSR count). The molecule has 1 aromatic carbocycles. The molecule has 2 fully saturated rings. The molecule has 1 N–H and O–H groups in total. The van der Waals surface area contributed by atoms with Crippen molar-refractivity contribution in [1.29, 1.82) is 0 Å². The number of nitrogens with zero attached hydrogens (tertiary/aromatic N) is 1. The molecule has 120 valence electrons. The summed E-state index contributed by atoms with van der Waals surface area (Å²) in [5.74, 6) is 0.779. The predicted octanol–water partition coefficient (Wildman–Crippen LogP) is 2.05. The average Bonchev–Trinajstić information content (AvgIpc) is 2.77. The van der Waals surface area contributed by atoms with Gasteiger partial charge in [-0.05, 0) is 43.5 Å². The molecular formula is C16H22N2O3S. The van der Waals surface area contributed by atoms with Crippen molar-refractivity contribution in [2.45, 2.75) is 31.7 Å². The molecule has 0 aromatic heterocycles. The molecule has 0 radical (unpaired) electrons. The van der Waals surface area contributed by atoms with Gasteiger partial charge in [0.1, 0.15) is 0 Å². The zero-order valence-corrected chi connectivity index (χ0v) is 13.6. The van der Waals surface area contributed by atoms with Gasteiger partial charge >= 0.3 is 0 Å². The second kappa shape index (κ2) is 5.91. The first-order valence-electron chi connectivity index (χ1n) is 7.79. The topological polar surface area (TPSA) is 66.5 Å². The number of benzene rings is 1. The van der Waals surface area contributed by atoms with Crippen LogP contribution in [-0.2, 0) is 14.6 Å². The van der Waals surface area contributed by atoms with E-state index in [2.05, 4.69) is 5.32 Å². The number of hydrogen-bond donors (Lipinski definition) is 1. The fourth-order valence-corrected chi connectivity index (χ4v) is 4.76. The van der Waals surface area contributed by atoms with Gasteiger partial charge in [-0.1, -0.05) is 6.42 Å². The zero-order chi connectivity index (χ0) is 15.7. The van der Waals surface area contributed by atoms with Gasteiger partial charge in [0.05, 0.1) is 11.5 Å². The summed E-state index contributed by atoms with van der Waals surface area (Å²) in [7, 11) is -0.953. The third-order valence-corrected chi connectivity index (χ3v) is 6.52. The van der Waals surface area contributed by atoms with Crippen molar-refractivity contribution in [2.24, 2.45) is 5.92 Å². The Kier molecular flexibility index (Phi) is 4.12. The standard InChI is InChI=1S/C16H22N2O3S/c1-18(15-9-10-22(20,21)11-15)14-7-5-13(6-8-14)17-16(19)12-3-2-4-12/h5-8,12,15H,2-4,9-11H2,1H3,(H,17,19). The van der Waals surface area contributed by atoms with Gasteiger partial charge in [-0.2, -0.15) is 0 Å². The largest absolute Gasteiger partial charge is 0.371 e. The Labute approximate surface area is 131 Å². The third kappa shape index (κ3) is 3.27. The first-order valence-corrected chi connectivity index (χ1v) is 9.61. The van der Waals surface area contributed by atoms with Gasteiger partial charge in [-0.15, -0.1) is 0 Å². The van der Waals surface area contributed by atoms with Gasteiger partial charge in [0.15, 0.2) is 9.84 Å². The monoisotopic (exact) mass is 322 g/mol. The summed E-state index contributed by atoms with van der Waals surface area (Å²) in [6.45, 7) is 0. The van der Waals surface area contributed by atoms with Crippen LogP contribution in [0.1, 0.15) is 25.7 Å². The van der Waals surface area contributed by atoms with Crippen LogP contribution in [0.2, 0.25) is 0 Å². The Morgan fingerprint density at radius 2 is 1.86 bits per heavy atom. The lowest BCUT2D eigenvalue weighted by atomic mass is 9.85. The van der Waals surface area contributed by atoms with Crippen LogP contribution < -0.4 is 10.2 Å². The van der Waals surface area contributed by atoms with Crippen LogP contribution in [0.5, 0.6) is 0 Å². The Hall–Kier alpha value is -1.56. The highest BCUT2D eigenvalue weighted by Crippen LogP contribution is 2.28. The van der Waals surface area contributed by atoms with Crippen molar-refractivity contribution in [1.82, 2.24) is 0 Å². The van der Waals surface area contributed by atoms with Crippen LogP contribution in [0.15, 0.2) is 24.3 Å². The molecule has 2 aliphatic rings. The first kappa shape index (κ1) is 15.3. The molecule has 0 spiro atoms. The average molecular weight is 322 g/mol. The van der Waals surface area contributed by atoms with E-state index in [1.807, 2.05) is 36.2 Å². The number of carbonyl (C=O) groups is 1. The minimum Gasteiger partial charge on any atom is -0.371 e. The molecule has 1 saturated carbocycles. The number of rotatable bonds is 4. The summed E-state index contributed by atoms with van der Waals surface area (Å²) >= 11 is 0. The van der Waals surface area contributed by atoms with E-state index in [1.165, 1.54) is 0 Å². The smallest absolute Gasteiger partial charge is 0.227 e. The number of amides is 1. The molecule has 1 unspecified atom stereocenters. The summed E-state index contributed by atoms with van der Waals surface area (Å²) < 4.78 is 23.2. The molecule has 1 aromatic rings. The van der Waals surface area contributed by atoms with Gasteiger partial charge in [0, 0.05) is 30.4 Å². The summed E-state index contributed by atoms with van der Waals surface area (Å²) in [6, 6.07) is 7.67. The Bertz CT molecular complexity index is 650. The molecule has 1 saturated heterocycles. The van der Waals surface area contributed by atoms with Gasteiger partial charge < -0.3 is 10.2 Å². The molecule has 22 heavy (non-hydrogen) atoms. The van der Waals surface area contributed by atoms with Crippen LogP contribution in [0.4, 0.5) is 11.4 Å². The molecule has 1 amide bonds. The van der Waals surface area contributed by atoms with Crippen molar-refractivity contribution >= 4 is 27.1 Å². The lowest BCUT2D eigenvalue weighted by molar-refractivity contribution is -0.122. The zero-order valence-electron chi connectivity index (χ0n) is 12.8. The maximum atomic E-state index is 11.9. The van der Waals surface area contributed by atoms with E-state index in [-0.39, 0.29) is 29.4 Å². The highest BCUT2D eigenvalue weighted by molar-refractivity contribution is 7.91. The summed E-state index contributed by atoms with van der Waals surface area (Å²) in [5, 5.41) is 2.94. The normalized spacial score (nSPS) is 23.8. The van der Waals surface area contributed by atoms with E-state index in [0.717, 1.165) is 30.6 Å². The SMILES string of the molecule is CN(c1ccc(NC(=O)C2CCC2)cc1)C1CCS(=O)(=O)C1. The molecule has 1 atom stereocenters. The van der Waals surface area contributed by atoms with Gasteiger partial charge in [-0.3, -0.25) is 4.79 Å². The highest BCUT2D eigenvalue weighted by Gasteiger charge is 2.30. The minimum absolute atomic E-state index is 0.0421. The number of hydrogen-bond acceptors (Lipinski definition) is 4. The molecule has 1 heterocycles. The van der Waals surface area contributed by atoms with Crippen molar-refractivity contribution in [3.05, 3.63) is 24.3 Å². The predicted molar refractivity (Wildman–Crippen MR) is 87.9 cm³/mol. The van der Waals surface area contributed by atoms with Crippen molar-refractivity contribution in [2.75, 3.05) is 28.8 Å². The minimum atomic E-state index is -2.88. The van der Waals surface area contributed by atoms with Crippen molar-refractivity contribution in [3.8, 4) is 0 Å². The van der Waals surface area contributed by atoms with Gasteiger partial charge in [-0.25, -0.2) is 8.42 Å². The maximum Gasteiger partial charge on any atom is 0.227 e. The maximum absolute atomic E-state index is 11.9. The summed E-state index contributed by atoms with van der Waals surface area (Å²) in [5.41, 5.74) is 1.77. The number of carbonyl (C=O) groups excluding carboxylic acids is 1. The molecule has 6 heteroatoms. The Balaban J connectivity index is 1.62. The number of anilines is 2. The Morgan fingerprint density at radius 1 is 1.18 bits per heavy atom. The second-order valence-electron chi connectivity index (χ2n) is 6.33. The fourth-order valence-electron chi connectivity index (χ4n) is 2.99.